The largest absolute Gasteiger partial charge is 0.481 e. The molecule has 0 aliphatic heterocycles. The minimum atomic E-state index is -3.67. The van der Waals surface area contributed by atoms with Gasteiger partial charge >= 0.3 is 5.97 Å². The van der Waals surface area contributed by atoms with Gasteiger partial charge in [-0.2, -0.15) is 0 Å². The van der Waals surface area contributed by atoms with Crippen LogP contribution in [0.1, 0.15) is 30.9 Å². The summed E-state index contributed by atoms with van der Waals surface area (Å²) in [7, 11) is -3.67. The lowest BCUT2D eigenvalue weighted by Gasteiger charge is -2.13. The fourth-order valence-electron chi connectivity index (χ4n) is 2.04. The van der Waals surface area contributed by atoms with Crippen LogP contribution in [-0.2, 0) is 14.8 Å². The van der Waals surface area contributed by atoms with E-state index in [1.165, 1.54) is 0 Å². The van der Waals surface area contributed by atoms with E-state index in [0.717, 1.165) is 11.1 Å². The molecule has 5 nitrogen and oxygen atoms in total. The van der Waals surface area contributed by atoms with E-state index in [1.54, 1.807) is 12.1 Å². The molecular weight excluding hydrogens is 278 g/mol. The van der Waals surface area contributed by atoms with Crippen molar-refractivity contribution < 1.29 is 18.3 Å². The number of nitrogens with one attached hydrogen (secondary N) is 1. The number of aliphatic carboxylic acids is 1. The summed E-state index contributed by atoms with van der Waals surface area (Å²) in [5, 5.41) is 9.03. The first-order valence-electron chi connectivity index (χ1n) is 6.57. The third-order valence-electron chi connectivity index (χ3n) is 3.01. The Hall–Kier alpha value is -1.40. The molecule has 1 aromatic rings. The highest BCUT2D eigenvalue weighted by atomic mass is 32.2. The minimum Gasteiger partial charge on any atom is -0.481 e. The quantitative estimate of drug-likeness (QED) is 0.807. The molecule has 0 saturated heterocycles. The highest BCUT2D eigenvalue weighted by Crippen LogP contribution is 2.15. The van der Waals surface area contributed by atoms with Crippen LogP contribution in [0.4, 0.5) is 0 Å². The van der Waals surface area contributed by atoms with Crippen LogP contribution in [0, 0.1) is 19.8 Å². The second-order valence-corrected chi connectivity index (χ2v) is 6.77. The average Bonchev–Trinajstić information content (AvgIpc) is 2.32. The van der Waals surface area contributed by atoms with Crippen LogP contribution in [0.5, 0.6) is 0 Å². The maximum Gasteiger partial charge on any atom is 0.307 e. The van der Waals surface area contributed by atoms with Gasteiger partial charge in [0, 0.05) is 6.54 Å². The molecule has 0 saturated carbocycles. The van der Waals surface area contributed by atoms with Crippen molar-refractivity contribution in [3.05, 3.63) is 29.3 Å². The molecule has 0 heterocycles. The third-order valence-corrected chi connectivity index (χ3v) is 4.41. The predicted octanol–water partition coefficient (Wildman–Crippen LogP) is 2.08. The first-order chi connectivity index (χ1) is 9.26. The van der Waals surface area contributed by atoms with Crippen LogP contribution in [0.15, 0.2) is 23.1 Å². The Bertz CT molecular complexity index is 561. The van der Waals surface area contributed by atoms with Crippen LogP contribution in [0.2, 0.25) is 0 Å². The Morgan fingerprint density at radius 1 is 1.25 bits per heavy atom. The number of rotatable bonds is 7. The van der Waals surface area contributed by atoms with E-state index < -0.39 is 21.9 Å². The molecule has 1 aromatic carbocycles. The van der Waals surface area contributed by atoms with E-state index in [4.69, 9.17) is 5.11 Å². The smallest absolute Gasteiger partial charge is 0.307 e. The second kappa shape index (κ2) is 6.85. The summed E-state index contributed by atoms with van der Waals surface area (Å²) in [6.07, 6.45) is 1.15. The summed E-state index contributed by atoms with van der Waals surface area (Å²) in [5.41, 5.74) is 1.71. The van der Waals surface area contributed by atoms with Crippen LogP contribution in [-0.4, -0.2) is 26.0 Å². The average molecular weight is 299 g/mol. The maximum atomic E-state index is 12.2. The van der Waals surface area contributed by atoms with E-state index in [2.05, 4.69) is 4.72 Å². The molecule has 0 fully saturated rings. The van der Waals surface area contributed by atoms with Gasteiger partial charge in [-0.05, 0) is 43.5 Å². The summed E-state index contributed by atoms with van der Waals surface area (Å²) in [6, 6.07) is 5.03. The van der Waals surface area contributed by atoms with Crippen molar-refractivity contribution in [2.45, 2.75) is 38.5 Å². The summed E-state index contributed by atoms with van der Waals surface area (Å²) >= 11 is 0. The number of carboxylic acid groups (broad SMARTS) is 1. The maximum absolute atomic E-state index is 12.2. The van der Waals surface area contributed by atoms with E-state index in [9.17, 15) is 13.2 Å². The van der Waals surface area contributed by atoms with Crippen LogP contribution in [0.3, 0.4) is 0 Å². The van der Waals surface area contributed by atoms with Gasteiger partial charge in [0.25, 0.3) is 0 Å². The third kappa shape index (κ3) is 4.61. The van der Waals surface area contributed by atoms with Crippen molar-refractivity contribution in [1.82, 2.24) is 4.72 Å². The Morgan fingerprint density at radius 2 is 1.80 bits per heavy atom. The van der Waals surface area contributed by atoms with Crippen molar-refractivity contribution in [1.29, 1.82) is 0 Å². The standard InChI is InChI=1S/C14H21NO4S/c1-4-5-12(14(16)17)9-15-20(18,19)13-7-10(2)6-11(3)8-13/h6-8,12,15H,4-5,9H2,1-3H3,(H,16,17). The van der Waals surface area contributed by atoms with Crippen molar-refractivity contribution in [3.63, 3.8) is 0 Å². The lowest BCUT2D eigenvalue weighted by atomic mass is 10.1. The molecule has 0 spiro atoms. The molecule has 0 bridgehead atoms. The Labute approximate surface area is 120 Å². The first kappa shape index (κ1) is 16.7. The molecule has 1 rings (SSSR count). The fourth-order valence-corrected chi connectivity index (χ4v) is 3.31. The zero-order chi connectivity index (χ0) is 15.3. The molecule has 0 radical (unpaired) electrons. The summed E-state index contributed by atoms with van der Waals surface area (Å²) in [6.45, 7) is 5.43. The van der Waals surface area contributed by atoms with Crippen molar-refractivity contribution in [3.8, 4) is 0 Å². The number of aryl methyl sites for hydroxylation is 2. The number of hydrogen-bond donors (Lipinski definition) is 2. The number of hydrogen-bond acceptors (Lipinski definition) is 3. The molecule has 0 amide bonds. The summed E-state index contributed by atoms with van der Waals surface area (Å²) < 4.78 is 26.7. The van der Waals surface area contributed by atoms with Gasteiger partial charge in [-0.1, -0.05) is 19.4 Å². The number of carbonyl (C=O) groups is 1. The van der Waals surface area contributed by atoms with Crippen molar-refractivity contribution >= 4 is 16.0 Å². The number of sulfonamides is 1. The van der Waals surface area contributed by atoms with Gasteiger partial charge in [0.1, 0.15) is 0 Å². The summed E-state index contributed by atoms with van der Waals surface area (Å²) in [5.74, 6) is -1.67. The van der Waals surface area contributed by atoms with Gasteiger partial charge in [0.15, 0.2) is 0 Å². The van der Waals surface area contributed by atoms with E-state index in [-0.39, 0.29) is 11.4 Å². The molecule has 0 aliphatic carbocycles. The topological polar surface area (TPSA) is 83.5 Å². The minimum absolute atomic E-state index is 0.0848. The zero-order valence-electron chi connectivity index (χ0n) is 12.0. The van der Waals surface area contributed by atoms with Crippen molar-refractivity contribution in [2.75, 3.05) is 6.54 Å². The molecule has 112 valence electrons. The second-order valence-electron chi connectivity index (χ2n) is 5.00. The Morgan fingerprint density at radius 3 is 2.25 bits per heavy atom. The highest BCUT2D eigenvalue weighted by molar-refractivity contribution is 7.89. The van der Waals surface area contributed by atoms with Gasteiger partial charge in [0.2, 0.25) is 10.0 Å². The Kier molecular flexibility index (Phi) is 5.71. The molecular formula is C14H21NO4S. The molecule has 2 N–H and O–H groups in total. The van der Waals surface area contributed by atoms with Gasteiger partial charge < -0.3 is 5.11 Å². The van der Waals surface area contributed by atoms with Crippen molar-refractivity contribution in [2.24, 2.45) is 5.92 Å². The number of carboxylic acids is 1. The lowest BCUT2D eigenvalue weighted by Crippen LogP contribution is -2.33. The van der Waals surface area contributed by atoms with Gasteiger partial charge in [-0.25, -0.2) is 13.1 Å². The van der Waals surface area contributed by atoms with Gasteiger partial charge in [-0.3, -0.25) is 4.79 Å². The molecule has 20 heavy (non-hydrogen) atoms. The van der Waals surface area contributed by atoms with Crippen LogP contribution in [0.25, 0.3) is 0 Å². The normalized spacial score (nSPS) is 13.2. The molecule has 1 unspecified atom stereocenters. The molecule has 1 atom stereocenters. The highest BCUT2D eigenvalue weighted by Gasteiger charge is 2.21. The predicted molar refractivity (Wildman–Crippen MR) is 77.1 cm³/mol. The van der Waals surface area contributed by atoms with E-state index >= 15 is 0 Å². The summed E-state index contributed by atoms with van der Waals surface area (Å²) in [4.78, 5) is 11.2. The van der Waals surface area contributed by atoms with E-state index in [0.29, 0.717) is 12.8 Å². The first-order valence-corrected chi connectivity index (χ1v) is 8.05. The fraction of sp³-hybridized carbons (Fsp3) is 0.500. The molecule has 0 aliphatic rings. The molecule has 0 aromatic heterocycles. The van der Waals surface area contributed by atoms with Crippen LogP contribution < -0.4 is 4.72 Å². The number of benzene rings is 1. The van der Waals surface area contributed by atoms with Gasteiger partial charge in [0.05, 0.1) is 10.8 Å². The molecule has 6 heteroatoms. The van der Waals surface area contributed by atoms with Crippen LogP contribution >= 0.6 is 0 Å². The van der Waals surface area contributed by atoms with E-state index in [1.807, 2.05) is 26.8 Å². The monoisotopic (exact) mass is 299 g/mol. The Balaban J connectivity index is 2.86. The zero-order valence-corrected chi connectivity index (χ0v) is 12.8. The van der Waals surface area contributed by atoms with Gasteiger partial charge in [-0.15, -0.1) is 0 Å². The lowest BCUT2D eigenvalue weighted by molar-refractivity contribution is -0.141. The SMILES string of the molecule is CCCC(CNS(=O)(=O)c1cc(C)cc(C)c1)C(=O)O.